The number of aryl methyl sites for hydroxylation is 2. The summed E-state index contributed by atoms with van der Waals surface area (Å²) in [7, 11) is 0. The predicted molar refractivity (Wildman–Crippen MR) is 107 cm³/mol. The summed E-state index contributed by atoms with van der Waals surface area (Å²) in [6.07, 6.45) is 2.85. The second kappa shape index (κ2) is 7.07. The fraction of sp³-hybridized carbons (Fsp3) is 0.421. The lowest BCUT2D eigenvalue weighted by Gasteiger charge is -2.32. The van der Waals surface area contributed by atoms with Gasteiger partial charge in [-0.2, -0.15) is 4.52 Å². The Balaban J connectivity index is 1.45. The Morgan fingerprint density at radius 1 is 1.27 bits per heavy atom. The van der Waals surface area contributed by atoms with Crippen LogP contribution in [-0.4, -0.2) is 33.7 Å². The van der Waals surface area contributed by atoms with Gasteiger partial charge < -0.3 is 10.2 Å². The van der Waals surface area contributed by atoms with Crippen LogP contribution in [0.3, 0.4) is 0 Å². The van der Waals surface area contributed by atoms with Crippen molar-refractivity contribution in [2.45, 2.75) is 39.2 Å². The number of anilines is 2. The van der Waals surface area contributed by atoms with E-state index in [4.69, 9.17) is 0 Å². The first-order valence-electron chi connectivity index (χ1n) is 9.10. The highest BCUT2D eigenvalue weighted by Gasteiger charge is 2.22. The topological polar surface area (TPSA) is 62.5 Å². The summed E-state index contributed by atoms with van der Waals surface area (Å²) in [6, 6.07) is 10.5. The van der Waals surface area contributed by atoms with Gasteiger partial charge in [0.1, 0.15) is 0 Å². The molecule has 3 aromatic rings. The minimum Gasteiger partial charge on any atom is -0.382 e. The highest BCUT2D eigenvalue weighted by molar-refractivity contribution is 7.20. The minimum absolute atomic E-state index is 0.0923. The molecule has 0 amide bonds. The number of piperidine rings is 1. The van der Waals surface area contributed by atoms with Crippen LogP contribution in [0.1, 0.15) is 31.0 Å². The van der Waals surface area contributed by atoms with Crippen molar-refractivity contribution < 1.29 is 0 Å². The molecule has 1 saturated heterocycles. The van der Waals surface area contributed by atoms with E-state index in [1.165, 1.54) is 27.1 Å². The van der Waals surface area contributed by atoms with Crippen molar-refractivity contribution in [1.82, 2.24) is 14.6 Å². The average Bonchev–Trinajstić information content (AvgIpc) is 3.07. The molecule has 7 heteroatoms. The lowest BCUT2D eigenvalue weighted by atomic mass is 10.0. The van der Waals surface area contributed by atoms with Gasteiger partial charge in [0, 0.05) is 36.6 Å². The fourth-order valence-electron chi connectivity index (χ4n) is 3.34. The molecule has 1 aliphatic rings. The second-order valence-electron chi connectivity index (χ2n) is 6.79. The third-order valence-electron chi connectivity index (χ3n) is 4.80. The number of aromatic nitrogens is 3. The molecule has 0 atom stereocenters. The monoisotopic (exact) mass is 369 g/mol. The van der Waals surface area contributed by atoms with Crippen LogP contribution in [0.4, 0.5) is 10.8 Å². The van der Waals surface area contributed by atoms with Crippen LogP contribution in [0, 0.1) is 6.92 Å². The largest absolute Gasteiger partial charge is 0.382 e. The number of nitrogens with one attached hydrogen (secondary N) is 1. The Hall–Kier alpha value is -2.41. The normalized spacial score (nSPS) is 15.5. The molecule has 2 aromatic heterocycles. The van der Waals surface area contributed by atoms with E-state index in [2.05, 4.69) is 51.5 Å². The van der Waals surface area contributed by atoms with Gasteiger partial charge in [0.2, 0.25) is 10.1 Å². The summed E-state index contributed by atoms with van der Waals surface area (Å²) in [6.45, 7) is 5.98. The molecule has 0 unspecified atom stereocenters. The van der Waals surface area contributed by atoms with E-state index in [0.717, 1.165) is 43.2 Å². The summed E-state index contributed by atoms with van der Waals surface area (Å²) in [4.78, 5) is 19.7. The van der Waals surface area contributed by atoms with E-state index < -0.39 is 0 Å². The molecule has 1 N–H and O–H groups in total. The quantitative estimate of drug-likeness (QED) is 0.766. The number of benzene rings is 1. The summed E-state index contributed by atoms with van der Waals surface area (Å²) in [5.41, 5.74) is 3.19. The van der Waals surface area contributed by atoms with Crippen molar-refractivity contribution in [3.8, 4) is 0 Å². The molecular formula is C19H23N5OS. The van der Waals surface area contributed by atoms with Crippen molar-refractivity contribution >= 4 is 27.1 Å². The molecule has 0 saturated carbocycles. The molecule has 0 spiro atoms. The first kappa shape index (κ1) is 17.0. The molecule has 6 nitrogen and oxygen atoms in total. The zero-order valence-electron chi connectivity index (χ0n) is 15.1. The third-order valence-corrected chi connectivity index (χ3v) is 5.77. The molecule has 4 rings (SSSR count). The molecule has 0 bridgehead atoms. The zero-order chi connectivity index (χ0) is 18.1. The van der Waals surface area contributed by atoms with Gasteiger partial charge in [-0.05, 0) is 43.9 Å². The van der Waals surface area contributed by atoms with Crippen LogP contribution in [0.5, 0.6) is 0 Å². The lowest BCUT2D eigenvalue weighted by molar-refractivity contribution is 0.524. The molecular weight excluding hydrogens is 346 g/mol. The van der Waals surface area contributed by atoms with E-state index in [9.17, 15) is 4.79 Å². The standard InChI is InChI=1S/C19H23N5OS/c1-3-14-12-17(25)24-18(21-14)26-19(22-24)23-9-7-15(8-10-23)20-16-6-4-5-13(2)11-16/h4-6,11-12,15,20H,3,7-10H2,1-2H3. The van der Waals surface area contributed by atoms with Crippen LogP contribution in [0.2, 0.25) is 0 Å². The fourth-order valence-corrected chi connectivity index (χ4v) is 4.32. The van der Waals surface area contributed by atoms with Crippen LogP contribution >= 0.6 is 11.3 Å². The van der Waals surface area contributed by atoms with Crippen molar-refractivity contribution in [2.24, 2.45) is 0 Å². The van der Waals surface area contributed by atoms with Crippen LogP contribution in [0.15, 0.2) is 35.1 Å². The molecule has 0 aliphatic carbocycles. The van der Waals surface area contributed by atoms with Gasteiger partial charge in [-0.15, -0.1) is 5.10 Å². The van der Waals surface area contributed by atoms with Gasteiger partial charge in [0.05, 0.1) is 0 Å². The van der Waals surface area contributed by atoms with E-state index in [0.29, 0.717) is 11.0 Å². The van der Waals surface area contributed by atoms with E-state index in [-0.39, 0.29) is 5.56 Å². The van der Waals surface area contributed by atoms with Crippen molar-refractivity contribution in [1.29, 1.82) is 0 Å². The SMILES string of the molecule is CCc1cc(=O)n2nc(N3CCC(Nc4cccc(C)c4)CC3)sc2n1. The average molecular weight is 369 g/mol. The Morgan fingerprint density at radius 2 is 2.08 bits per heavy atom. The van der Waals surface area contributed by atoms with Gasteiger partial charge in [-0.25, -0.2) is 4.98 Å². The third kappa shape index (κ3) is 3.44. The maximum absolute atomic E-state index is 12.2. The predicted octanol–water partition coefficient (Wildman–Crippen LogP) is 3.10. The van der Waals surface area contributed by atoms with Gasteiger partial charge >= 0.3 is 0 Å². The van der Waals surface area contributed by atoms with E-state index >= 15 is 0 Å². The number of nitrogens with zero attached hydrogens (tertiary/aromatic N) is 4. The minimum atomic E-state index is -0.0923. The van der Waals surface area contributed by atoms with Gasteiger partial charge in [-0.3, -0.25) is 4.79 Å². The lowest BCUT2D eigenvalue weighted by Crippen LogP contribution is -2.39. The molecule has 26 heavy (non-hydrogen) atoms. The first-order valence-corrected chi connectivity index (χ1v) is 9.92. The Morgan fingerprint density at radius 3 is 2.81 bits per heavy atom. The van der Waals surface area contributed by atoms with Gasteiger partial charge in [0.25, 0.3) is 5.56 Å². The second-order valence-corrected chi connectivity index (χ2v) is 7.73. The molecule has 0 radical (unpaired) electrons. The van der Waals surface area contributed by atoms with Gasteiger partial charge in [0.15, 0.2) is 0 Å². The van der Waals surface area contributed by atoms with Gasteiger partial charge in [-0.1, -0.05) is 30.4 Å². The van der Waals surface area contributed by atoms with Crippen molar-refractivity contribution in [3.63, 3.8) is 0 Å². The van der Waals surface area contributed by atoms with Crippen molar-refractivity contribution in [2.75, 3.05) is 23.3 Å². The highest BCUT2D eigenvalue weighted by Crippen LogP contribution is 2.26. The summed E-state index contributed by atoms with van der Waals surface area (Å²) in [5.74, 6) is 0. The molecule has 136 valence electrons. The van der Waals surface area contributed by atoms with E-state index in [1.54, 1.807) is 6.07 Å². The first-order chi connectivity index (χ1) is 12.6. The summed E-state index contributed by atoms with van der Waals surface area (Å²) in [5, 5.41) is 9.02. The Labute approximate surface area is 156 Å². The van der Waals surface area contributed by atoms with Crippen LogP contribution in [0.25, 0.3) is 4.96 Å². The van der Waals surface area contributed by atoms with Crippen molar-refractivity contribution in [3.05, 3.63) is 51.9 Å². The Kier molecular flexibility index (Phi) is 4.63. The van der Waals surface area contributed by atoms with Crippen LogP contribution < -0.4 is 15.8 Å². The number of fused-ring (bicyclic) bond motifs is 1. The number of rotatable bonds is 4. The maximum Gasteiger partial charge on any atom is 0.275 e. The van der Waals surface area contributed by atoms with Crippen LogP contribution in [-0.2, 0) is 6.42 Å². The molecule has 3 heterocycles. The maximum atomic E-state index is 12.2. The molecule has 1 aromatic carbocycles. The summed E-state index contributed by atoms with van der Waals surface area (Å²) < 4.78 is 1.43. The zero-order valence-corrected chi connectivity index (χ0v) is 15.9. The molecule has 1 aliphatic heterocycles. The molecule has 1 fully saturated rings. The smallest absolute Gasteiger partial charge is 0.275 e. The highest BCUT2D eigenvalue weighted by atomic mass is 32.1. The van der Waals surface area contributed by atoms with E-state index in [1.807, 2.05) is 6.92 Å². The Bertz CT molecular complexity index is 971. The summed E-state index contributed by atoms with van der Waals surface area (Å²) >= 11 is 1.50. The number of hydrogen-bond donors (Lipinski definition) is 1. The number of hydrogen-bond acceptors (Lipinski definition) is 6.